The first-order valence-corrected chi connectivity index (χ1v) is 16.0. The largest absolute Gasteiger partial charge is 2.00 e. The second-order valence-electron chi connectivity index (χ2n) is 8.08. The maximum atomic E-state index is 11.0. The summed E-state index contributed by atoms with van der Waals surface area (Å²) in [7, 11) is -9.48. The molecule has 0 aliphatic carbocycles. The van der Waals surface area contributed by atoms with Gasteiger partial charge in [-0.05, 0) is 12.1 Å². The van der Waals surface area contributed by atoms with Crippen LogP contribution in [0.15, 0.2) is 159 Å². The van der Waals surface area contributed by atoms with E-state index < -0.39 is 30.0 Å². The van der Waals surface area contributed by atoms with Gasteiger partial charge in [-0.1, -0.05) is 24.3 Å². The number of benzene rings is 2. The first-order chi connectivity index (χ1) is 23.2. The molecular formula is C28H34CoN12O8S2. The molecule has 275 valence electrons. The molecule has 20 nitrogen and oxygen atoms in total. The van der Waals surface area contributed by atoms with E-state index in [1.807, 2.05) is 0 Å². The third-order valence-corrected chi connectivity index (χ3v) is 6.61. The van der Waals surface area contributed by atoms with Crippen molar-refractivity contribution in [3.63, 3.8) is 0 Å². The fourth-order valence-corrected chi connectivity index (χ4v) is 4.36. The van der Waals surface area contributed by atoms with Crippen molar-refractivity contribution in [1.29, 1.82) is 0 Å². The Morgan fingerprint density at radius 1 is 0.412 bits per heavy atom. The molecule has 0 atom stereocenters. The molecule has 6 heterocycles. The first-order valence-electron chi connectivity index (χ1n) is 13.2. The van der Waals surface area contributed by atoms with Gasteiger partial charge >= 0.3 is 16.8 Å². The van der Waals surface area contributed by atoms with Crippen molar-refractivity contribution in [1.82, 2.24) is 59.8 Å². The average molecular weight is 790 g/mol. The molecule has 51 heavy (non-hydrogen) atoms. The number of nitrogens with one attached hydrogen (secondary N) is 6. The maximum absolute atomic E-state index is 11.0. The number of fused-ring (bicyclic) bond motifs is 1. The molecule has 0 aliphatic rings. The van der Waals surface area contributed by atoms with E-state index in [9.17, 15) is 25.9 Å². The van der Waals surface area contributed by atoms with Gasteiger partial charge in [0.15, 0.2) is 0 Å². The molecule has 0 aliphatic heterocycles. The van der Waals surface area contributed by atoms with Gasteiger partial charge in [0, 0.05) is 85.1 Å². The molecule has 0 fully saturated rings. The van der Waals surface area contributed by atoms with Crippen LogP contribution >= 0.6 is 0 Å². The second-order valence-corrected chi connectivity index (χ2v) is 10.8. The monoisotopic (exact) mass is 789 g/mol. The van der Waals surface area contributed by atoms with E-state index in [0.717, 1.165) is 12.1 Å². The quantitative estimate of drug-likeness (QED) is 0.136. The van der Waals surface area contributed by atoms with Crippen LogP contribution in [0.4, 0.5) is 0 Å². The summed E-state index contributed by atoms with van der Waals surface area (Å²) in [5.41, 5.74) is 0. The van der Waals surface area contributed by atoms with Crippen LogP contribution < -0.4 is 0 Å². The van der Waals surface area contributed by atoms with Crippen molar-refractivity contribution in [2.75, 3.05) is 0 Å². The molecule has 0 saturated heterocycles. The SMILES string of the molecule is O.O.O=S(=O)([O-])c1cccc2c(S(=O)(=O)[O-])cccc12.[Co+2].c1c[nH]cn1.c1c[nH]cn1.c1c[nH]cn1.c1c[nH]cn1.c1c[nH]cn1.c1c[nH]cn1. The van der Waals surface area contributed by atoms with E-state index in [0.29, 0.717) is 0 Å². The minimum atomic E-state index is -4.74. The summed E-state index contributed by atoms with van der Waals surface area (Å²) in [4.78, 5) is 37.4. The van der Waals surface area contributed by atoms with Crippen molar-refractivity contribution < 1.29 is 53.7 Å². The predicted octanol–water partition coefficient (Wildman–Crippen LogP) is 1.45. The number of H-pyrrole nitrogens is 6. The van der Waals surface area contributed by atoms with Crippen LogP contribution in [0, 0.1) is 0 Å². The number of hydrogen-bond donors (Lipinski definition) is 6. The van der Waals surface area contributed by atoms with E-state index in [1.54, 1.807) is 112 Å². The van der Waals surface area contributed by atoms with Crippen LogP contribution in [0.3, 0.4) is 0 Å². The summed E-state index contributed by atoms with van der Waals surface area (Å²) in [5.74, 6) is 0. The molecule has 0 spiro atoms. The summed E-state index contributed by atoms with van der Waals surface area (Å²) in [5, 5.41) is -0.158. The summed E-state index contributed by atoms with van der Waals surface area (Å²) in [6.45, 7) is 0. The van der Waals surface area contributed by atoms with Crippen LogP contribution in [-0.4, -0.2) is 96.7 Å². The third kappa shape index (κ3) is 21.7. The van der Waals surface area contributed by atoms with E-state index in [4.69, 9.17) is 0 Å². The molecular weight excluding hydrogens is 755 g/mol. The van der Waals surface area contributed by atoms with Gasteiger partial charge in [-0.25, -0.2) is 46.7 Å². The topological polar surface area (TPSA) is 349 Å². The number of imidazole rings is 6. The third-order valence-electron chi connectivity index (χ3n) is 4.82. The number of nitrogens with zero attached hydrogens (tertiary/aromatic N) is 6. The molecule has 0 bridgehead atoms. The standard InChI is InChI=1S/C10H8O6S2.6C3H4N2.Co.2H2O/c11-17(12,13)9-5-1-3-7-8(9)4-2-6-10(7)18(14,15)16;6*1-2-5-3-4-1;;;/h1-6H,(H,11,12,13)(H,14,15,16);6*1-3H,(H,4,5);;2*1H2/q;;;;;;;+2;;/p-2. The summed E-state index contributed by atoms with van der Waals surface area (Å²) in [6, 6.07) is 7.09. The summed E-state index contributed by atoms with van der Waals surface area (Å²) >= 11 is 0. The van der Waals surface area contributed by atoms with E-state index in [1.165, 1.54) is 24.3 Å². The predicted molar refractivity (Wildman–Crippen MR) is 179 cm³/mol. The van der Waals surface area contributed by atoms with Crippen molar-refractivity contribution in [2.45, 2.75) is 9.79 Å². The fourth-order valence-electron chi connectivity index (χ4n) is 2.98. The fraction of sp³-hybridized carbons (Fsp3) is 0. The smallest absolute Gasteiger partial charge is 0.744 e. The molecule has 6 aromatic heterocycles. The molecule has 8 aromatic rings. The first kappa shape index (κ1) is 47.3. The van der Waals surface area contributed by atoms with Gasteiger partial charge in [0.2, 0.25) is 0 Å². The number of aromatic amines is 6. The van der Waals surface area contributed by atoms with Gasteiger partial charge in [0.05, 0.1) is 47.8 Å². The Hall–Kier alpha value is -5.79. The van der Waals surface area contributed by atoms with Gasteiger partial charge in [-0.2, -0.15) is 0 Å². The van der Waals surface area contributed by atoms with Gasteiger partial charge < -0.3 is 50.0 Å². The minimum Gasteiger partial charge on any atom is -0.744 e. The van der Waals surface area contributed by atoms with Crippen LogP contribution in [0.1, 0.15) is 0 Å². The zero-order valence-corrected chi connectivity index (χ0v) is 28.8. The Balaban J connectivity index is 0. The van der Waals surface area contributed by atoms with Crippen molar-refractivity contribution in [3.05, 3.63) is 149 Å². The molecule has 2 aromatic carbocycles. The Morgan fingerprint density at radius 3 is 0.745 bits per heavy atom. The Kier molecular flexibility index (Phi) is 26.1. The molecule has 23 heteroatoms. The van der Waals surface area contributed by atoms with Crippen LogP contribution in [-0.2, 0) is 37.0 Å². The normalized spacial score (nSPS) is 9.22. The average Bonchev–Trinajstić information content (AvgIpc) is 3.95. The van der Waals surface area contributed by atoms with E-state index in [2.05, 4.69) is 59.8 Å². The van der Waals surface area contributed by atoms with Gasteiger partial charge in [-0.15, -0.1) is 0 Å². The van der Waals surface area contributed by atoms with Crippen molar-refractivity contribution >= 4 is 31.0 Å². The summed E-state index contributed by atoms with van der Waals surface area (Å²) < 4.78 is 66.1. The Labute approximate surface area is 302 Å². The van der Waals surface area contributed by atoms with Crippen LogP contribution in [0.5, 0.6) is 0 Å². The minimum absolute atomic E-state index is 0. The Morgan fingerprint density at radius 2 is 0.627 bits per heavy atom. The molecule has 0 unspecified atom stereocenters. The zero-order chi connectivity index (χ0) is 34.8. The number of hydrogen-bond acceptors (Lipinski definition) is 12. The molecule has 10 N–H and O–H groups in total. The second kappa shape index (κ2) is 28.1. The maximum Gasteiger partial charge on any atom is 2.00 e. The van der Waals surface area contributed by atoms with E-state index in [-0.39, 0.29) is 38.5 Å². The molecule has 8 rings (SSSR count). The number of rotatable bonds is 2. The van der Waals surface area contributed by atoms with Crippen LogP contribution in [0.2, 0.25) is 0 Å². The molecule has 0 amide bonds. The van der Waals surface area contributed by atoms with Gasteiger partial charge in [0.25, 0.3) is 0 Å². The summed E-state index contributed by atoms with van der Waals surface area (Å²) in [6.07, 6.45) is 30.5. The molecule has 1 radical (unpaired) electrons. The van der Waals surface area contributed by atoms with E-state index >= 15 is 0 Å². The zero-order valence-electron chi connectivity index (χ0n) is 26.1. The van der Waals surface area contributed by atoms with Crippen LogP contribution in [0.25, 0.3) is 10.8 Å². The Bertz CT molecular complexity index is 1650. The van der Waals surface area contributed by atoms with Crippen molar-refractivity contribution in [2.24, 2.45) is 0 Å². The number of aromatic nitrogens is 12. The van der Waals surface area contributed by atoms with Crippen molar-refractivity contribution in [3.8, 4) is 0 Å². The van der Waals surface area contributed by atoms with Gasteiger partial charge in [0.1, 0.15) is 20.2 Å². The van der Waals surface area contributed by atoms with Gasteiger partial charge in [-0.3, -0.25) is 0 Å². The molecule has 0 saturated carbocycles.